The largest absolute Gasteiger partial charge is 0.379 e. The van der Waals surface area contributed by atoms with Crippen LogP contribution in [0, 0.1) is 0 Å². The lowest BCUT2D eigenvalue weighted by molar-refractivity contribution is 0.0357. The minimum Gasteiger partial charge on any atom is -0.379 e. The zero-order chi connectivity index (χ0) is 17.8. The number of ether oxygens (including phenoxy) is 1. The molecule has 0 bridgehead atoms. The van der Waals surface area contributed by atoms with E-state index in [-0.39, 0.29) is 11.5 Å². The molecule has 1 saturated heterocycles. The van der Waals surface area contributed by atoms with Gasteiger partial charge in [-0.15, -0.1) is 5.10 Å². The first kappa shape index (κ1) is 18.0. The highest BCUT2D eigenvalue weighted by Gasteiger charge is 2.16. The van der Waals surface area contributed by atoms with E-state index in [9.17, 15) is 4.79 Å². The van der Waals surface area contributed by atoms with Crippen molar-refractivity contribution in [3.8, 4) is 11.4 Å². The summed E-state index contributed by atoms with van der Waals surface area (Å²) in [5.74, 6) is 0.566. The molecule has 1 aromatic carbocycles. The van der Waals surface area contributed by atoms with Gasteiger partial charge in [0.2, 0.25) is 0 Å². The molecule has 2 heterocycles. The Morgan fingerprint density at radius 1 is 1.24 bits per heavy atom. The molecular weight excluding hydrogens is 340 g/mol. The number of halogens is 1. The van der Waals surface area contributed by atoms with E-state index in [2.05, 4.69) is 15.0 Å². The molecule has 1 aliphatic heterocycles. The van der Waals surface area contributed by atoms with Gasteiger partial charge >= 0.3 is 0 Å². The Morgan fingerprint density at radius 2 is 2.00 bits per heavy atom. The van der Waals surface area contributed by atoms with Crippen molar-refractivity contribution in [2.75, 3.05) is 32.8 Å². The minimum atomic E-state index is -0.117. The summed E-state index contributed by atoms with van der Waals surface area (Å²) in [6.07, 6.45) is 0. The highest BCUT2D eigenvalue weighted by Crippen LogP contribution is 2.20. The molecule has 2 aromatic rings. The number of aromatic nitrogens is 3. The minimum absolute atomic E-state index is 0.0306. The molecule has 0 atom stereocenters. The van der Waals surface area contributed by atoms with Crippen molar-refractivity contribution in [1.29, 1.82) is 0 Å². The number of benzene rings is 1. The first-order valence-corrected chi connectivity index (χ1v) is 8.97. The molecule has 0 amide bonds. The van der Waals surface area contributed by atoms with Gasteiger partial charge in [0.25, 0.3) is 5.56 Å². The molecule has 25 heavy (non-hydrogen) atoms. The van der Waals surface area contributed by atoms with E-state index < -0.39 is 0 Å². The number of morpholine rings is 1. The summed E-state index contributed by atoms with van der Waals surface area (Å²) in [5, 5.41) is 5.11. The predicted octanol–water partition coefficient (Wildman–Crippen LogP) is 2.41. The maximum atomic E-state index is 12.7. The Kier molecular flexibility index (Phi) is 5.83. The van der Waals surface area contributed by atoms with Crippen LogP contribution in [0.1, 0.15) is 25.5 Å². The maximum absolute atomic E-state index is 12.7. The average Bonchev–Trinajstić information content (AvgIpc) is 2.61. The second kappa shape index (κ2) is 8.08. The van der Waals surface area contributed by atoms with Gasteiger partial charge in [-0.3, -0.25) is 9.69 Å². The molecular formula is C18H23ClN4O2. The fourth-order valence-electron chi connectivity index (χ4n) is 2.81. The van der Waals surface area contributed by atoms with Crippen LogP contribution in [0.25, 0.3) is 11.4 Å². The molecule has 0 saturated carbocycles. The average molecular weight is 363 g/mol. The number of rotatable bonds is 5. The van der Waals surface area contributed by atoms with Crippen molar-refractivity contribution in [2.24, 2.45) is 0 Å². The lowest BCUT2D eigenvalue weighted by atomic mass is 10.1. The standard InChI is InChI=1S/C18H23ClN4O2/c1-13(2)16-18(24)23(7-6-22-8-10-25-11-9-22)21-17(20-16)14-4-3-5-15(19)12-14/h3-5,12-13H,6-11H2,1-2H3. The van der Waals surface area contributed by atoms with Crippen LogP contribution in [0.15, 0.2) is 29.1 Å². The third kappa shape index (κ3) is 4.45. The van der Waals surface area contributed by atoms with Crippen molar-refractivity contribution < 1.29 is 4.74 Å². The molecule has 1 aromatic heterocycles. The Hall–Kier alpha value is -1.76. The fourth-order valence-corrected chi connectivity index (χ4v) is 3.00. The predicted molar refractivity (Wildman–Crippen MR) is 98.1 cm³/mol. The molecule has 134 valence electrons. The van der Waals surface area contributed by atoms with Gasteiger partial charge in [0.1, 0.15) is 5.69 Å². The first-order valence-electron chi connectivity index (χ1n) is 8.59. The summed E-state index contributed by atoms with van der Waals surface area (Å²) in [4.78, 5) is 19.5. The van der Waals surface area contributed by atoms with Gasteiger partial charge in [-0.05, 0) is 12.1 Å². The molecule has 1 fully saturated rings. The third-order valence-electron chi connectivity index (χ3n) is 4.26. The fraction of sp³-hybridized carbons (Fsp3) is 0.500. The van der Waals surface area contributed by atoms with Crippen molar-refractivity contribution in [2.45, 2.75) is 26.3 Å². The van der Waals surface area contributed by atoms with Gasteiger partial charge in [-0.25, -0.2) is 9.67 Å². The Bertz CT molecular complexity index is 785. The first-order chi connectivity index (χ1) is 12.0. The monoisotopic (exact) mass is 362 g/mol. The molecule has 3 rings (SSSR count). The van der Waals surface area contributed by atoms with Crippen molar-refractivity contribution in [3.63, 3.8) is 0 Å². The van der Waals surface area contributed by atoms with E-state index in [0.717, 1.165) is 38.4 Å². The van der Waals surface area contributed by atoms with E-state index >= 15 is 0 Å². The van der Waals surface area contributed by atoms with Gasteiger partial charge in [0.05, 0.1) is 19.8 Å². The number of nitrogens with zero attached hydrogens (tertiary/aromatic N) is 4. The summed E-state index contributed by atoms with van der Waals surface area (Å²) < 4.78 is 6.90. The van der Waals surface area contributed by atoms with Gasteiger partial charge < -0.3 is 4.74 Å². The van der Waals surface area contributed by atoms with Crippen molar-refractivity contribution in [3.05, 3.63) is 45.3 Å². The Morgan fingerprint density at radius 3 is 2.68 bits per heavy atom. The van der Waals surface area contributed by atoms with Crippen LogP contribution in [0.5, 0.6) is 0 Å². The van der Waals surface area contributed by atoms with Crippen molar-refractivity contribution in [1.82, 2.24) is 19.7 Å². The number of hydrogen-bond acceptors (Lipinski definition) is 5. The smallest absolute Gasteiger partial charge is 0.288 e. The molecule has 0 radical (unpaired) electrons. The SMILES string of the molecule is CC(C)c1nc(-c2cccc(Cl)c2)nn(CCN2CCOCC2)c1=O. The van der Waals surface area contributed by atoms with Gasteiger partial charge in [-0.1, -0.05) is 37.6 Å². The van der Waals surface area contributed by atoms with Crippen LogP contribution in [-0.4, -0.2) is 52.5 Å². The summed E-state index contributed by atoms with van der Waals surface area (Å²) >= 11 is 6.09. The normalized spacial score (nSPS) is 15.7. The third-order valence-corrected chi connectivity index (χ3v) is 4.49. The second-order valence-corrected chi connectivity index (χ2v) is 6.90. The Balaban J connectivity index is 1.91. The van der Waals surface area contributed by atoms with Crippen LogP contribution in [0.3, 0.4) is 0 Å². The van der Waals surface area contributed by atoms with E-state index in [4.69, 9.17) is 16.3 Å². The van der Waals surface area contributed by atoms with Crippen molar-refractivity contribution >= 4 is 11.6 Å². The van der Waals surface area contributed by atoms with Crippen LogP contribution in [0.4, 0.5) is 0 Å². The number of hydrogen-bond donors (Lipinski definition) is 0. The van der Waals surface area contributed by atoms with Crippen LogP contribution < -0.4 is 5.56 Å². The maximum Gasteiger partial charge on any atom is 0.288 e. The quantitative estimate of drug-likeness (QED) is 0.817. The highest BCUT2D eigenvalue weighted by atomic mass is 35.5. The summed E-state index contributed by atoms with van der Waals surface area (Å²) in [6.45, 7) is 8.50. The van der Waals surface area contributed by atoms with Crippen LogP contribution in [-0.2, 0) is 11.3 Å². The molecule has 6 nitrogen and oxygen atoms in total. The summed E-state index contributed by atoms with van der Waals surface area (Å²) in [7, 11) is 0. The highest BCUT2D eigenvalue weighted by molar-refractivity contribution is 6.30. The lowest BCUT2D eigenvalue weighted by Gasteiger charge is -2.26. The summed E-state index contributed by atoms with van der Waals surface area (Å²) in [6, 6.07) is 7.39. The lowest BCUT2D eigenvalue weighted by Crippen LogP contribution is -2.40. The Labute approximate surface area is 152 Å². The van der Waals surface area contributed by atoms with E-state index in [0.29, 0.717) is 23.1 Å². The zero-order valence-corrected chi connectivity index (χ0v) is 15.4. The second-order valence-electron chi connectivity index (χ2n) is 6.47. The van der Waals surface area contributed by atoms with Gasteiger partial charge in [0, 0.05) is 36.1 Å². The molecule has 0 unspecified atom stereocenters. The van der Waals surface area contributed by atoms with Crippen LogP contribution in [0.2, 0.25) is 5.02 Å². The zero-order valence-electron chi connectivity index (χ0n) is 14.6. The van der Waals surface area contributed by atoms with E-state index in [1.165, 1.54) is 4.68 Å². The van der Waals surface area contributed by atoms with E-state index in [1.54, 1.807) is 0 Å². The summed E-state index contributed by atoms with van der Waals surface area (Å²) in [5.41, 5.74) is 1.23. The molecule has 0 aliphatic carbocycles. The molecule has 0 spiro atoms. The molecule has 1 aliphatic rings. The topological polar surface area (TPSA) is 60.3 Å². The molecule has 0 N–H and O–H groups in total. The molecule has 7 heteroatoms. The van der Waals surface area contributed by atoms with E-state index in [1.807, 2.05) is 38.1 Å². The van der Waals surface area contributed by atoms with Gasteiger partial charge in [-0.2, -0.15) is 0 Å². The van der Waals surface area contributed by atoms with Crippen LogP contribution >= 0.6 is 11.6 Å². The van der Waals surface area contributed by atoms with Gasteiger partial charge in [0.15, 0.2) is 5.82 Å².